The number of benzene rings is 3. The van der Waals surface area contributed by atoms with Gasteiger partial charge in [-0.25, -0.2) is 4.98 Å². The maximum Gasteiger partial charge on any atom is 0.262 e. The van der Waals surface area contributed by atoms with Crippen molar-refractivity contribution < 1.29 is 18.7 Å². The number of nitrogens with zero attached hydrogens (tertiary/aromatic N) is 4. The summed E-state index contributed by atoms with van der Waals surface area (Å²) in [6, 6.07) is 20.4. The zero-order valence-corrected chi connectivity index (χ0v) is 20.0. The first-order valence-electron chi connectivity index (χ1n) is 11.2. The van der Waals surface area contributed by atoms with Gasteiger partial charge in [-0.2, -0.15) is 4.98 Å². The highest BCUT2D eigenvalue weighted by Gasteiger charge is 2.18. The molecule has 1 aliphatic rings. The monoisotopic (exact) mass is 500 g/mol. The molecular formula is C26H20N4O5S. The minimum absolute atomic E-state index is 0.124. The molecule has 0 N–H and O–H groups in total. The molecule has 0 radical (unpaired) electrons. The number of para-hydroxylation sites is 2. The maximum atomic E-state index is 13.4. The minimum Gasteiger partial charge on any atom is -0.496 e. The molecule has 180 valence electrons. The topological polar surface area (TPSA) is 102 Å². The highest BCUT2D eigenvalue weighted by atomic mass is 32.2. The highest BCUT2D eigenvalue weighted by Crippen LogP contribution is 2.35. The molecular weight excluding hydrogens is 480 g/mol. The summed E-state index contributed by atoms with van der Waals surface area (Å²) in [7, 11) is 1.61. The lowest BCUT2D eigenvalue weighted by atomic mass is 10.2. The van der Waals surface area contributed by atoms with Crippen LogP contribution in [0.15, 0.2) is 81.2 Å². The van der Waals surface area contributed by atoms with Gasteiger partial charge in [-0.3, -0.25) is 9.36 Å². The smallest absolute Gasteiger partial charge is 0.262 e. The maximum absolute atomic E-state index is 13.4. The van der Waals surface area contributed by atoms with E-state index in [2.05, 4.69) is 10.1 Å². The van der Waals surface area contributed by atoms with Crippen LogP contribution in [0.4, 0.5) is 0 Å². The van der Waals surface area contributed by atoms with Crippen molar-refractivity contribution in [2.45, 2.75) is 17.5 Å². The second kappa shape index (κ2) is 9.38. The Morgan fingerprint density at radius 1 is 1.00 bits per heavy atom. The summed E-state index contributed by atoms with van der Waals surface area (Å²) in [5.41, 5.74) is 2.15. The van der Waals surface area contributed by atoms with Crippen LogP contribution in [0.2, 0.25) is 0 Å². The van der Waals surface area contributed by atoms with Crippen molar-refractivity contribution >= 4 is 22.7 Å². The molecule has 2 aromatic heterocycles. The van der Waals surface area contributed by atoms with E-state index < -0.39 is 0 Å². The summed E-state index contributed by atoms with van der Waals surface area (Å²) in [6.45, 7) is 0.511. The van der Waals surface area contributed by atoms with Crippen LogP contribution in [0.25, 0.3) is 22.3 Å². The van der Waals surface area contributed by atoms with E-state index in [-0.39, 0.29) is 12.4 Å². The molecule has 0 fully saturated rings. The SMILES string of the molecule is COc1ccccc1Cn1c(SCc2nc(-c3ccc4c(c3)OCO4)no2)nc2ccccc2c1=O. The molecule has 9 nitrogen and oxygen atoms in total. The third-order valence-electron chi connectivity index (χ3n) is 5.77. The highest BCUT2D eigenvalue weighted by molar-refractivity contribution is 7.98. The average molecular weight is 501 g/mol. The van der Waals surface area contributed by atoms with Crippen molar-refractivity contribution in [2.24, 2.45) is 0 Å². The van der Waals surface area contributed by atoms with Gasteiger partial charge in [0.2, 0.25) is 18.5 Å². The van der Waals surface area contributed by atoms with E-state index in [9.17, 15) is 4.79 Å². The molecule has 1 aliphatic heterocycles. The normalized spacial score (nSPS) is 12.2. The third-order valence-corrected chi connectivity index (χ3v) is 6.73. The van der Waals surface area contributed by atoms with Crippen molar-refractivity contribution in [3.8, 4) is 28.6 Å². The molecule has 0 saturated carbocycles. The first kappa shape index (κ1) is 22.2. The van der Waals surface area contributed by atoms with Gasteiger partial charge in [0.25, 0.3) is 5.56 Å². The Hall–Kier alpha value is -4.31. The number of rotatable bonds is 7. The van der Waals surface area contributed by atoms with Crippen LogP contribution in [-0.2, 0) is 12.3 Å². The molecule has 0 unspecified atom stereocenters. The fraction of sp³-hybridized carbons (Fsp3) is 0.154. The van der Waals surface area contributed by atoms with E-state index >= 15 is 0 Å². The van der Waals surface area contributed by atoms with Gasteiger partial charge in [0.15, 0.2) is 16.7 Å². The number of hydrogen-bond acceptors (Lipinski definition) is 9. The molecule has 10 heteroatoms. The van der Waals surface area contributed by atoms with E-state index in [1.165, 1.54) is 11.8 Å². The molecule has 0 aliphatic carbocycles. The summed E-state index contributed by atoms with van der Waals surface area (Å²) in [5.74, 6) is 3.25. The summed E-state index contributed by atoms with van der Waals surface area (Å²) < 4.78 is 23.4. The van der Waals surface area contributed by atoms with Crippen LogP contribution in [0.3, 0.4) is 0 Å². The number of ether oxygens (including phenoxy) is 3. The second-order valence-electron chi connectivity index (χ2n) is 7.98. The lowest BCUT2D eigenvalue weighted by molar-refractivity contribution is 0.174. The molecule has 3 heterocycles. The predicted molar refractivity (Wildman–Crippen MR) is 134 cm³/mol. The van der Waals surface area contributed by atoms with Gasteiger partial charge in [0.05, 0.1) is 30.3 Å². The Kier molecular flexibility index (Phi) is 5.78. The Morgan fingerprint density at radius 3 is 2.75 bits per heavy atom. The van der Waals surface area contributed by atoms with Crippen LogP contribution < -0.4 is 19.8 Å². The fourth-order valence-electron chi connectivity index (χ4n) is 3.99. The van der Waals surface area contributed by atoms with Gasteiger partial charge in [-0.15, -0.1) is 0 Å². The predicted octanol–water partition coefficient (Wildman–Crippen LogP) is 4.52. The number of aromatic nitrogens is 4. The van der Waals surface area contributed by atoms with Crippen LogP contribution in [0, 0.1) is 0 Å². The summed E-state index contributed by atoms with van der Waals surface area (Å²) in [5, 5.41) is 5.21. The zero-order chi connectivity index (χ0) is 24.5. The Bertz CT molecular complexity index is 1630. The van der Waals surface area contributed by atoms with Gasteiger partial charge in [-0.1, -0.05) is 47.3 Å². The van der Waals surface area contributed by atoms with Crippen molar-refractivity contribution in [3.05, 3.63) is 88.5 Å². The van der Waals surface area contributed by atoms with Gasteiger partial charge in [-0.05, 0) is 36.4 Å². The first-order valence-corrected chi connectivity index (χ1v) is 12.1. The molecule has 0 bridgehead atoms. The second-order valence-corrected chi connectivity index (χ2v) is 8.93. The molecule has 6 rings (SSSR count). The van der Waals surface area contributed by atoms with Crippen LogP contribution in [0.1, 0.15) is 11.5 Å². The van der Waals surface area contributed by atoms with E-state index in [4.69, 9.17) is 23.7 Å². The van der Waals surface area contributed by atoms with E-state index in [1.807, 2.05) is 60.7 Å². The lowest BCUT2D eigenvalue weighted by Gasteiger charge is -2.14. The van der Waals surface area contributed by atoms with Gasteiger partial charge in [0.1, 0.15) is 5.75 Å². The van der Waals surface area contributed by atoms with Gasteiger partial charge < -0.3 is 18.7 Å². The molecule has 3 aromatic carbocycles. The van der Waals surface area contributed by atoms with E-state index in [1.54, 1.807) is 17.7 Å². The fourth-order valence-corrected chi connectivity index (χ4v) is 4.83. The van der Waals surface area contributed by atoms with Crippen LogP contribution in [-0.4, -0.2) is 33.6 Å². The molecule has 36 heavy (non-hydrogen) atoms. The van der Waals surface area contributed by atoms with E-state index in [0.29, 0.717) is 57.3 Å². The standard InChI is InChI=1S/C26H20N4O5S/c1-32-20-9-5-2-6-17(20)13-30-25(31)18-7-3-4-8-19(18)27-26(30)36-14-23-28-24(29-35-23)16-10-11-21-22(12-16)34-15-33-21/h2-12H,13-15H2,1H3. The molecule has 0 amide bonds. The lowest BCUT2D eigenvalue weighted by Crippen LogP contribution is -2.24. The molecule has 0 spiro atoms. The summed E-state index contributed by atoms with van der Waals surface area (Å²) in [6.07, 6.45) is 0. The van der Waals surface area contributed by atoms with Gasteiger partial charge >= 0.3 is 0 Å². The number of hydrogen-bond donors (Lipinski definition) is 0. The van der Waals surface area contributed by atoms with Gasteiger partial charge in [0, 0.05) is 11.1 Å². The van der Waals surface area contributed by atoms with Crippen molar-refractivity contribution in [1.29, 1.82) is 0 Å². The molecule has 0 saturated heterocycles. The molecule has 0 atom stereocenters. The quantitative estimate of drug-likeness (QED) is 0.236. The van der Waals surface area contributed by atoms with Crippen molar-refractivity contribution in [1.82, 2.24) is 19.7 Å². The summed E-state index contributed by atoms with van der Waals surface area (Å²) in [4.78, 5) is 22.7. The largest absolute Gasteiger partial charge is 0.496 e. The zero-order valence-electron chi connectivity index (χ0n) is 19.2. The first-order chi connectivity index (χ1) is 17.7. The molecule has 5 aromatic rings. The third kappa shape index (κ3) is 4.16. The number of thioether (sulfide) groups is 1. The minimum atomic E-state index is -0.124. The van der Waals surface area contributed by atoms with Crippen molar-refractivity contribution in [3.63, 3.8) is 0 Å². The van der Waals surface area contributed by atoms with Crippen molar-refractivity contribution in [2.75, 3.05) is 13.9 Å². The summed E-state index contributed by atoms with van der Waals surface area (Å²) >= 11 is 1.36. The Morgan fingerprint density at radius 2 is 1.83 bits per heavy atom. The number of methoxy groups -OCH3 is 1. The average Bonchev–Trinajstić information content (AvgIpc) is 3.59. The Labute approximate surface area is 209 Å². The van der Waals surface area contributed by atoms with Crippen LogP contribution in [0.5, 0.6) is 17.2 Å². The number of fused-ring (bicyclic) bond motifs is 2. The Balaban J connectivity index is 1.30. The van der Waals surface area contributed by atoms with Crippen LogP contribution >= 0.6 is 11.8 Å². The van der Waals surface area contributed by atoms with E-state index in [0.717, 1.165) is 11.1 Å².